The van der Waals surface area contributed by atoms with Crippen molar-refractivity contribution in [2.75, 3.05) is 6.61 Å². The average Bonchev–Trinajstić information content (AvgIpc) is 2.44. The molecule has 0 aromatic heterocycles. The number of allylic oxidation sites excluding steroid dienone is 1. The molecule has 2 amide bonds. The van der Waals surface area contributed by atoms with E-state index in [9.17, 15) is 9.59 Å². The summed E-state index contributed by atoms with van der Waals surface area (Å²) in [5.74, 6) is -0.479. The van der Waals surface area contributed by atoms with Crippen molar-refractivity contribution < 1.29 is 14.3 Å². The lowest BCUT2D eigenvalue weighted by atomic mass is 9.96. The Morgan fingerprint density at radius 1 is 1.43 bits per heavy atom. The predicted molar refractivity (Wildman–Crippen MR) is 82.4 cm³/mol. The van der Waals surface area contributed by atoms with Crippen LogP contribution in [0.25, 0.3) is 0 Å². The average molecular weight is 351 g/mol. The summed E-state index contributed by atoms with van der Waals surface area (Å²) in [6.07, 6.45) is 1.50. The summed E-state index contributed by atoms with van der Waals surface area (Å²) >= 11 is 3.36. The molecule has 110 valence electrons. The van der Waals surface area contributed by atoms with Gasteiger partial charge in [-0.15, -0.1) is 0 Å². The number of halogens is 1. The summed E-state index contributed by atoms with van der Waals surface area (Å²) in [6.45, 7) is 5.31. The van der Waals surface area contributed by atoms with Gasteiger partial charge in [-0.3, -0.25) is 0 Å². The van der Waals surface area contributed by atoms with Crippen molar-refractivity contribution in [3.8, 4) is 0 Å². The third kappa shape index (κ3) is 3.52. The minimum absolute atomic E-state index is 0.122. The van der Waals surface area contributed by atoms with Crippen LogP contribution in [0.3, 0.4) is 0 Å². The SMILES string of the molecule is C=CCOC(=O)C1=C(C)NC(=O)N[C@@H]1c1ccc(Br)cc1. The summed E-state index contributed by atoms with van der Waals surface area (Å²) in [5, 5.41) is 5.33. The van der Waals surface area contributed by atoms with E-state index in [1.165, 1.54) is 6.08 Å². The molecule has 1 heterocycles. The van der Waals surface area contributed by atoms with Crippen molar-refractivity contribution in [2.24, 2.45) is 0 Å². The largest absolute Gasteiger partial charge is 0.458 e. The maximum Gasteiger partial charge on any atom is 0.338 e. The molecule has 0 fully saturated rings. The molecule has 1 atom stereocenters. The zero-order chi connectivity index (χ0) is 15.4. The number of amides is 2. The van der Waals surface area contributed by atoms with Crippen molar-refractivity contribution in [3.05, 3.63) is 58.2 Å². The number of urea groups is 1. The van der Waals surface area contributed by atoms with Crippen molar-refractivity contribution in [3.63, 3.8) is 0 Å². The van der Waals surface area contributed by atoms with Crippen LogP contribution < -0.4 is 10.6 Å². The summed E-state index contributed by atoms with van der Waals surface area (Å²) in [5.41, 5.74) is 1.68. The van der Waals surface area contributed by atoms with Crippen LogP contribution in [0, 0.1) is 0 Å². The first-order valence-electron chi connectivity index (χ1n) is 6.34. The highest BCUT2D eigenvalue weighted by Crippen LogP contribution is 2.28. The fourth-order valence-electron chi connectivity index (χ4n) is 2.08. The van der Waals surface area contributed by atoms with Crippen LogP contribution in [0.2, 0.25) is 0 Å². The molecule has 1 aromatic carbocycles. The third-order valence-electron chi connectivity index (χ3n) is 3.02. The van der Waals surface area contributed by atoms with Crippen LogP contribution in [-0.4, -0.2) is 18.6 Å². The van der Waals surface area contributed by atoms with Crippen LogP contribution in [0.15, 0.2) is 52.7 Å². The Kier molecular flexibility index (Phi) is 4.80. The molecule has 2 rings (SSSR count). The second kappa shape index (κ2) is 6.58. The molecular formula is C15H15BrN2O3. The van der Waals surface area contributed by atoms with E-state index >= 15 is 0 Å². The Morgan fingerprint density at radius 2 is 2.10 bits per heavy atom. The summed E-state index contributed by atoms with van der Waals surface area (Å²) < 4.78 is 6.02. The third-order valence-corrected chi connectivity index (χ3v) is 3.55. The molecule has 1 aliphatic rings. The van der Waals surface area contributed by atoms with Crippen molar-refractivity contribution in [2.45, 2.75) is 13.0 Å². The number of benzene rings is 1. The molecule has 1 aliphatic heterocycles. The Balaban J connectivity index is 2.37. The number of carbonyl (C=O) groups excluding carboxylic acids is 2. The highest BCUT2D eigenvalue weighted by atomic mass is 79.9. The van der Waals surface area contributed by atoms with Gasteiger partial charge in [0, 0.05) is 10.2 Å². The minimum Gasteiger partial charge on any atom is -0.458 e. The van der Waals surface area contributed by atoms with E-state index < -0.39 is 12.0 Å². The summed E-state index contributed by atoms with van der Waals surface area (Å²) in [7, 11) is 0. The minimum atomic E-state index is -0.538. The smallest absolute Gasteiger partial charge is 0.338 e. The van der Waals surface area contributed by atoms with E-state index in [1.54, 1.807) is 6.92 Å². The lowest BCUT2D eigenvalue weighted by molar-refractivity contribution is -0.138. The maximum atomic E-state index is 12.2. The second-order valence-corrected chi connectivity index (χ2v) is 5.42. The highest BCUT2D eigenvalue weighted by molar-refractivity contribution is 9.10. The van der Waals surface area contributed by atoms with E-state index in [0.717, 1.165) is 10.0 Å². The van der Waals surface area contributed by atoms with Crippen LogP contribution in [0.5, 0.6) is 0 Å². The van der Waals surface area contributed by atoms with Crippen LogP contribution in [-0.2, 0) is 9.53 Å². The Morgan fingerprint density at radius 3 is 2.71 bits per heavy atom. The summed E-state index contributed by atoms with van der Waals surface area (Å²) in [4.78, 5) is 23.9. The molecule has 0 spiro atoms. The van der Waals surface area contributed by atoms with Crippen LogP contribution in [0.4, 0.5) is 4.79 Å². The molecule has 0 bridgehead atoms. The molecular weight excluding hydrogens is 336 g/mol. The number of hydrogen-bond donors (Lipinski definition) is 2. The monoisotopic (exact) mass is 350 g/mol. The zero-order valence-corrected chi connectivity index (χ0v) is 13.1. The van der Waals surface area contributed by atoms with E-state index in [2.05, 4.69) is 33.1 Å². The first kappa shape index (κ1) is 15.3. The molecule has 0 unspecified atom stereocenters. The number of rotatable bonds is 4. The first-order chi connectivity index (χ1) is 10.0. The van der Waals surface area contributed by atoms with Gasteiger partial charge in [0.2, 0.25) is 0 Å². The molecule has 1 aromatic rings. The van der Waals surface area contributed by atoms with Gasteiger partial charge in [0.25, 0.3) is 0 Å². The summed E-state index contributed by atoms with van der Waals surface area (Å²) in [6, 6.07) is 6.50. The maximum absolute atomic E-state index is 12.2. The fourth-order valence-corrected chi connectivity index (χ4v) is 2.35. The van der Waals surface area contributed by atoms with E-state index in [4.69, 9.17) is 4.74 Å². The van der Waals surface area contributed by atoms with Gasteiger partial charge in [-0.2, -0.15) is 0 Å². The van der Waals surface area contributed by atoms with Gasteiger partial charge in [-0.05, 0) is 24.6 Å². The van der Waals surface area contributed by atoms with Gasteiger partial charge < -0.3 is 15.4 Å². The Hall–Kier alpha value is -2.08. The lowest BCUT2D eigenvalue weighted by Gasteiger charge is -2.28. The van der Waals surface area contributed by atoms with Gasteiger partial charge in [-0.25, -0.2) is 9.59 Å². The molecule has 2 N–H and O–H groups in total. The number of hydrogen-bond acceptors (Lipinski definition) is 3. The van der Waals surface area contributed by atoms with Gasteiger partial charge in [0.15, 0.2) is 0 Å². The Labute approximate surface area is 131 Å². The molecule has 6 heteroatoms. The van der Waals surface area contributed by atoms with Crippen LogP contribution in [0.1, 0.15) is 18.5 Å². The molecule has 0 saturated carbocycles. The van der Waals surface area contributed by atoms with Gasteiger partial charge in [0.1, 0.15) is 6.61 Å². The van der Waals surface area contributed by atoms with Crippen molar-refractivity contribution in [1.82, 2.24) is 10.6 Å². The van der Waals surface area contributed by atoms with Crippen molar-refractivity contribution >= 4 is 27.9 Å². The topological polar surface area (TPSA) is 67.4 Å². The number of esters is 1. The first-order valence-corrected chi connectivity index (χ1v) is 7.14. The van der Waals surface area contributed by atoms with Gasteiger partial charge >= 0.3 is 12.0 Å². The standard InChI is InChI=1S/C15H15BrN2O3/c1-3-8-21-14(19)12-9(2)17-15(20)18-13(12)10-4-6-11(16)7-5-10/h3-7,13H,1,8H2,2H3,(H2,17,18,20)/t13-/m1/s1. The quantitative estimate of drug-likeness (QED) is 0.648. The molecule has 21 heavy (non-hydrogen) atoms. The predicted octanol–water partition coefficient (Wildman–Crippen LogP) is 2.81. The van der Waals surface area contributed by atoms with Crippen LogP contribution >= 0.6 is 15.9 Å². The highest BCUT2D eigenvalue weighted by Gasteiger charge is 2.31. The van der Waals surface area contributed by atoms with E-state index in [-0.39, 0.29) is 12.6 Å². The molecule has 0 radical (unpaired) electrons. The number of carbonyl (C=O) groups is 2. The fraction of sp³-hybridized carbons (Fsp3) is 0.200. The Bertz CT molecular complexity index is 608. The number of ether oxygens (including phenoxy) is 1. The van der Waals surface area contributed by atoms with Gasteiger partial charge in [-0.1, -0.05) is 40.7 Å². The van der Waals surface area contributed by atoms with E-state index in [0.29, 0.717) is 11.3 Å². The second-order valence-electron chi connectivity index (χ2n) is 4.51. The van der Waals surface area contributed by atoms with E-state index in [1.807, 2.05) is 24.3 Å². The molecule has 5 nitrogen and oxygen atoms in total. The van der Waals surface area contributed by atoms with Crippen molar-refractivity contribution in [1.29, 1.82) is 0 Å². The molecule has 0 aliphatic carbocycles. The lowest BCUT2D eigenvalue weighted by Crippen LogP contribution is -2.45. The normalized spacial score (nSPS) is 17.8. The number of nitrogens with one attached hydrogen (secondary N) is 2. The molecule has 0 saturated heterocycles. The zero-order valence-electron chi connectivity index (χ0n) is 11.5. The van der Waals surface area contributed by atoms with Gasteiger partial charge in [0.05, 0.1) is 11.6 Å².